The summed E-state index contributed by atoms with van der Waals surface area (Å²) >= 11 is 1.51. The second-order valence-electron chi connectivity index (χ2n) is 5.95. The molecule has 0 fully saturated rings. The maximum atomic E-state index is 13.3. The fourth-order valence-electron chi connectivity index (χ4n) is 2.83. The Kier molecular flexibility index (Phi) is 4.52. The largest absolute Gasteiger partial charge is 0.340 e. The molecule has 1 amide bonds. The van der Waals surface area contributed by atoms with Crippen LogP contribution in [-0.2, 0) is 4.79 Å². The predicted molar refractivity (Wildman–Crippen MR) is 107 cm³/mol. The quantitative estimate of drug-likeness (QED) is 0.512. The molecule has 0 bridgehead atoms. The Labute approximate surface area is 158 Å². The number of hydrogen-bond acceptors (Lipinski definition) is 5. The van der Waals surface area contributed by atoms with Gasteiger partial charge in [0.1, 0.15) is 22.8 Å². The number of fused-ring (bicyclic) bond motifs is 1. The van der Waals surface area contributed by atoms with E-state index in [1.807, 2.05) is 29.6 Å². The van der Waals surface area contributed by atoms with Gasteiger partial charge in [-0.1, -0.05) is 18.2 Å². The molecule has 2 N–H and O–H groups in total. The summed E-state index contributed by atoms with van der Waals surface area (Å²) in [7, 11) is 0. The first kappa shape index (κ1) is 17.1. The number of benzene rings is 2. The van der Waals surface area contributed by atoms with Gasteiger partial charge in [-0.25, -0.2) is 14.4 Å². The Balaban J connectivity index is 1.75. The van der Waals surface area contributed by atoms with Gasteiger partial charge in [0.05, 0.1) is 5.39 Å². The molecule has 0 radical (unpaired) electrons. The Hall–Kier alpha value is -3.32. The highest BCUT2D eigenvalue weighted by molar-refractivity contribution is 7.17. The smallest absolute Gasteiger partial charge is 0.221 e. The first-order valence-electron chi connectivity index (χ1n) is 8.23. The van der Waals surface area contributed by atoms with Gasteiger partial charge in [0, 0.05) is 29.2 Å². The van der Waals surface area contributed by atoms with Crippen LogP contribution in [0.4, 0.5) is 21.6 Å². The zero-order valence-corrected chi connectivity index (χ0v) is 15.2. The molecule has 134 valence electrons. The molecule has 4 rings (SSSR count). The Morgan fingerprint density at radius 2 is 1.85 bits per heavy atom. The van der Waals surface area contributed by atoms with E-state index in [1.54, 1.807) is 12.1 Å². The van der Waals surface area contributed by atoms with Gasteiger partial charge < -0.3 is 10.6 Å². The highest BCUT2D eigenvalue weighted by Gasteiger charge is 2.13. The fraction of sp³-hybridized carbons (Fsp3) is 0.0500. The molecule has 2 aromatic carbocycles. The van der Waals surface area contributed by atoms with Gasteiger partial charge in [0.15, 0.2) is 0 Å². The van der Waals surface area contributed by atoms with Gasteiger partial charge in [-0.2, -0.15) is 0 Å². The van der Waals surface area contributed by atoms with E-state index in [1.165, 1.54) is 36.7 Å². The number of carbonyl (C=O) groups is 1. The molecule has 27 heavy (non-hydrogen) atoms. The standard InChI is InChI=1S/C20H15FN4OS/c1-12(26)24-15-3-2-4-16(9-15)25-19-18-17(10-27-20(18)23-11-22-19)13-5-7-14(21)8-6-13/h2-11H,1H3,(H,24,26)(H,22,23,25). The lowest BCUT2D eigenvalue weighted by Gasteiger charge is -2.10. The minimum Gasteiger partial charge on any atom is -0.340 e. The number of nitrogens with one attached hydrogen (secondary N) is 2. The lowest BCUT2D eigenvalue weighted by molar-refractivity contribution is -0.114. The first-order valence-corrected chi connectivity index (χ1v) is 9.11. The average molecular weight is 378 g/mol. The van der Waals surface area contributed by atoms with E-state index < -0.39 is 0 Å². The van der Waals surface area contributed by atoms with Crippen molar-refractivity contribution in [2.45, 2.75) is 6.92 Å². The number of rotatable bonds is 4. The summed E-state index contributed by atoms with van der Waals surface area (Å²) < 4.78 is 13.3. The van der Waals surface area contributed by atoms with Crippen LogP contribution in [0.5, 0.6) is 0 Å². The summed E-state index contributed by atoms with van der Waals surface area (Å²) in [4.78, 5) is 20.8. The molecular formula is C20H15FN4OS. The first-order chi connectivity index (χ1) is 13.1. The predicted octanol–water partition coefficient (Wildman–Crippen LogP) is 5.20. The van der Waals surface area contributed by atoms with Crippen LogP contribution in [0.15, 0.2) is 60.2 Å². The van der Waals surface area contributed by atoms with Crippen LogP contribution in [0, 0.1) is 5.82 Å². The molecule has 2 aromatic heterocycles. The number of thiophene rings is 1. The third kappa shape index (κ3) is 3.63. The van der Waals surface area contributed by atoms with Gasteiger partial charge >= 0.3 is 0 Å². The minimum atomic E-state index is -0.275. The maximum Gasteiger partial charge on any atom is 0.221 e. The maximum absolute atomic E-state index is 13.3. The zero-order chi connectivity index (χ0) is 18.8. The summed E-state index contributed by atoms with van der Waals surface area (Å²) in [6.07, 6.45) is 1.51. The van der Waals surface area contributed by atoms with Gasteiger partial charge in [-0.05, 0) is 35.9 Å². The van der Waals surface area contributed by atoms with Crippen LogP contribution in [0.25, 0.3) is 21.3 Å². The van der Waals surface area contributed by atoms with Crippen molar-refractivity contribution in [3.8, 4) is 11.1 Å². The van der Waals surface area contributed by atoms with Crippen molar-refractivity contribution in [2.24, 2.45) is 0 Å². The highest BCUT2D eigenvalue weighted by atomic mass is 32.1. The Morgan fingerprint density at radius 1 is 1.07 bits per heavy atom. The van der Waals surface area contributed by atoms with Crippen molar-refractivity contribution in [3.63, 3.8) is 0 Å². The third-order valence-corrected chi connectivity index (χ3v) is 4.86. The number of nitrogens with zero attached hydrogens (tertiary/aromatic N) is 2. The van der Waals surface area contributed by atoms with Crippen molar-refractivity contribution < 1.29 is 9.18 Å². The molecule has 0 aliphatic carbocycles. The van der Waals surface area contributed by atoms with Gasteiger partial charge in [0.25, 0.3) is 0 Å². The lowest BCUT2D eigenvalue weighted by atomic mass is 10.1. The second-order valence-corrected chi connectivity index (χ2v) is 6.80. The van der Waals surface area contributed by atoms with Crippen LogP contribution in [0.1, 0.15) is 6.92 Å². The van der Waals surface area contributed by atoms with Crippen LogP contribution < -0.4 is 10.6 Å². The summed E-state index contributed by atoms with van der Waals surface area (Å²) in [5.41, 5.74) is 3.32. The summed E-state index contributed by atoms with van der Waals surface area (Å²) in [5, 5.41) is 8.92. The third-order valence-electron chi connectivity index (χ3n) is 3.97. The molecule has 0 saturated carbocycles. The highest BCUT2D eigenvalue weighted by Crippen LogP contribution is 2.37. The number of amides is 1. The van der Waals surface area contributed by atoms with E-state index in [9.17, 15) is 9.18 Å². The molecule has 0 aliphatic heterocycles. The van der Waals surface area contributed by atoms with Crippen LogP contribution in [0.2, 0.25) is 0 Å². The molecule has 2 heterocycles. The van der Waals surface area contributed by atoms with Gasteiger partial charge in [0.2, 0.25) is 5.91 Å². The van der Waals surface area contributed by atoms with Crippen molar-refractivity contribution >= 4 is 44.7 Å². The molecule has 4 aromatic rings. The topological polar surface area (TPSA) is 66.9 Å². The Bertz CT molecular complexity index is 1120. The summed E-state index contributed by atoms with van der Waals surface area (Å²) in [5.74, 6) is 0.247. The van der Waals surface area contributed by atoms with E-state index in [4.69, 9.17) is 0 Å². The fourth-order valence-corrected chi connectivity index (χ4v) is 3.74. The van der Waals surface area contributed by atoms with Crippen molar-refractivity contribution in [2.75, 3.05) is 10.6 Å². The number of aromatic nitrogens is 2. The number of carbonyl (C=O) groups excluding carboxylic acids is 1. The second kappa shape index (κ2) is 7.13. The Morgan fingerprint density at radius 3 is 2.63 bits per heavy atom. The van der Waals surface area contributed by atoms with Crippen LogP contribution >= 0.6 is 11.3 Å². The normalized spacial score (nSPS) is 10.7. The van der Waals surface area contributed by atoms with Crippen LogP contribution in [0.3, 0.4) is 0 Å². The monoisotopic (exact) mass is 378 g/mol. The zero-order valence-electron chi connectivity index (χ0n) is 14.4. The summed E-state index contributed by atoms with van der Waals surface area (Å²) in [6, 6.07) is 13.7. The number of halogens is 1. The van der Waals surface area contributed by atoms with Crippen LogP contribution in [-0.4, -0.2) is 15.9 Å². The van der Waals surface area contributed by atoms with Gasteiger partial charge in [-0.3, -0.25) is 4.79 Å². The molecule has 0 atom stereocenters. The number of hydrogen-bond donors (Lipinski definition) is 2. The van der Waals surface area contributed by atoms with E-state index in [2.05, 4.69) is 20.6 Å². The molecule has 7 heteroatoms. The SMILES string of the molecule is CC(=O)Nc1cccc(Nc2ncnc3scc(-c4ccc(F)cc4)c23)c1. The molecule has 0 aliphatic rings. The van der Waals surface area contributed by atoms with E-state index >= 15 is 0 Å². The number of anilines is 3. The van der Waals surface area contributed by atoms with E-state index in [-0.39, 0.29) is 11.7 Å². The van der Waals surface area contributed by atoms with Crippen molar-refractivity contribution in [1.29, 1.82) is 0 Å². The minimum absolute atomic E-state index is 0.131. The van der Waals surface area contributed by atoms with Crippen molar-refractivity contribution in [3.05, 3.63) is 66.1 Å². The molecule has 0 unspecified atom stereocenters. The van der Waals surface area contributed by atoms with E-state index in [0.29, 0.717) is 11.5 Å². The summed E-state index contributed by atoms with van der Waals surface area (Å²) in [6.45, 7) is 1.47. The van der Waals surface area contributed by atoms with Crippen molar-refractivity contribution in [1.82, 2.24) is 9.97 Å². The van der Waals surface area contributed by atoms with Gasteiger partial charge in [-0.15, -0.1) is 11.3 Å². The average Bonchev–Trinajstić information content (AvgIpc) is 3.07. The molecule has 0 saturated heterocycles. The lowest BCUT2D eigenvalue weighted by Crippen LogP contribution is -2.05. The van der Waals surface area contributed by atoms with E-state index in [0.717, 1.165) is 27.0 Å². The molecule has 0 spiro atoms. The molecule has 5 nitrogen and oxygen atoms in total. The molecular weight excluding hydrogens is 363 g/mol.